The molecule has 0 spiro atoms. The lowest BCUT2D eigenvalue weighted by Gasteiger charge is -2.30. The van der Waals surface area contributed by atoms with E-state index in [1.807, 2.05) is 12.3 Å². The first-order valence-electron chi connectivity index (χ1n) is 11.5. The van der Waals surface area contributed by atoms with E-state index in [4.69, 9.17) is 9.64 Å². The van der Waals surface area contributed by atoms with Crippen LogP contribution in [0, 0.1) is 0 Å². The molecule has 0 unspecified atom stereocenters. The van der Waals surface area contributed by atoms with E-state index in [1.165, 1.54) is 21.8 Å². The SMILES string of the molecule is c1ccc2c(c1)B1Oc3cc(-n4c5ccccc5c5ccccc54)ccc3N1c1cccnc1-2. The molecule has 8 rings (SSSR count). The van der Waals surface area contributed by atoms with E-state index < -0.39 is 0 Å². The highest BCUT2D eigenvalue weighted by atomic mass is 16.5. The number of hydrogen-bond acceptors (Lipinski definition) is 3. The van der Waals surface area contributed by atoms with E-state index in [1.54, 1.807) is 0 Å². The molecule has 2 aliphatic heterocycles. The van der Waals surface area contributed by atoms with Crippen LogP contribution in [0.5, 0.6) is 5.75 Å². The van der Waals surface area contributed by atoms with Crippen molar-refractivity contribution in [2.45, 2.75) is 0 Å². The van der Waals surface area contributed by atoms with Crippen molar-refractivity contribution in [3.05, 3.63) is 109 Å². The van der Waals surface area contributed by atoms with E-state index >= 15 is 0 Å². The standard InChI is InChI=1S/C29H18BN3O/c1-4-11-23-22(10-1)29-27(14-7-17-31-29)33-26-16-15-19(18-28(26)34-30(23)33)32-24-12-5-2-8-20(24)21-9-3-6-13-25(21)32/h1-18H. The molecule has 2 aromatic heterocycles. The summed E-state index contributed by atoms with van der Waals surface area (Å²) in [6.07, 6.45) is 1.86. The molecule has 0 saturated carbocycles. The summed E-state index contributed by atoms with van der Waals surface area (Å²) in [6.45, 7) is 0. The normalized spacial score (nSPS) is 13.4. The minimum absolute atomic E-state index is 0.198. The first-order valence-corrected chi connectivity index (χ1v) is 11.5. The van der Waals surface area contributed by atoms with Crippen molar-refractivity contribution in [3.63, 3.8) is 0 Å². The molecule has 158 valence electrons. The number of benzene rings is 4. The maximum absolute atomic E-state index is 6.64. The van der Waals surface area contributed by atoms with Gasteiger partial charge >= 0.3 is 7.05 Å². The Kier molecular flexibility index (Phi) is 3.45. The van der Waals surface area contributed by atoms with Gasteiger partial charge in [0, 0.05) is 34.3 Å². The first kappa shape index (κ1) is 18.0. The Morgan fingerprint density at radius 2 is 1.41 bits per heavy atom. The van der Waals surface area contributed by atoms with Crippen LogP contribution in [0.15, 0.2) is 109 Å². The van der Waals surface area contributed by atoms with Crippen molar-refractivity contribution < 1.29 is 4.65 Å². The lowest BCUT2D eigenvalue weighted by molar-refractivity contribution is 0.603. The lowest BCUT2D eigenvalue weighted by atomic mass is 9.66. The molecule has 4 nitrogen and oxygen atoms in total. The van der Waals surface area contributed by atoms with E-state index in [0.717, 1.165) is 39.5 Å². The van der Waals surface area contributed by atoms with Crippen molar-refractivity contribution in [2.75, 3.05) is 4.81 Å². The number of pyridine rings is 1. The Morgan fingerprint density at radius 1 is 0.676 bits per heavy atom. The van der Waals surface area contributed by atoms with Crippen LogP contribution in [-0.4, -0.2) is 16.6 Å². The summed E-state index contributed by atoms with van der Waals surface area (Å²) in [4.78, 5) is 6.99. The molecule has 0 bridgehead atoms. The summed E-state index contributed by atoms with van der Waals surface area (Å²) >= 11 is 0. The fourth-order valence-corrected chi connectivity index (χ4v) is 5.62. The molecule has 4 aromatic carbocycles. The van der Waals surface area contributed by atoms with Gasteiger partial charge < -0.3 is 14.0 Å². The van der Waals surface area contributed by atoms with Gasteiger partial charge in [-0.1, -0.05) is 60.7 Å². The van der Waals surface area contributed by atoms with Crippen LogP contribution >= 0.6 is 0 Å². The van der Waals surface area contributed by atoms with Gasteiger partial charge in [-0.3, -0.25) is 4.98 Å². The zero-order valence-electron chi connectivity index (χ0n) is 18.2. The third-order valence-corrected chi connectivity index (χ3v) is 7.04. The van der Waals surface area contributed by atoms with Gasteiger partial charge in [0.15, 0.2) is 0 Å². The minimum Gasteiger partial charge on any atom is -0.536 e. The highest BCUT2D eigenvalue weighted by molar-refractivity contribution is 6.77. The first-order chi connectivity index (χ1) is 16.9. The summed E-state index contributed by atoms with van der Waals surface area (Å²) in [5.74, 6) is 0.885. The maximum atomic E-state index is 6.64. The second-order valence-corrected chi connectivity index (χ2v) is 8.82. The predicted octanol–water partition coefficient (Wildman–Crippen LogP) is 6.09. The van der Waals surface area contributed by atoms with Gasteiger partial charge in [-0.05, 0) is 41.9 Å². The van der Waals surface area contributed by atoms with E-state index in [2.05, 4.69) is 106 Å². The lowest BCUT2D eigenvalue weighted by Crippen LogP contribution is -2.50. The Bertz CT molecular complexity index is 1720. The topological polar surface area (TPSA) is 30.3 Å². The molecule has 0 amide bonds. The summed E-state index contributed by atoms with van der Waals surface area (Å²) in [6, 6.07) is 36.2. The zero-order valence-corrected chi connectivity index (χ0v) is 18.2. The van der Waals surface area contributed by atoms with Crippen LogP contribution in [0.4, 0.5) is 11.4 Å². The van der Waals surface area contributed by atoms with Crippen LogP contribution in [0.25, 0.3) is 38.8 Å². The molecular formula is C29H18BN3O. The fraction of sp³-hybridized carbons (Fsp3) is 0. The number of hydrogen-bond donors (Lipinski definition) is 0. The molecule has 0 fully saturated rings. The van der Waals surface area contributed by atoms with Crippen LogP contribution < -0.4 is 14.9 Å². The number of rotatable bonds is 1. The van der Waals surface area contributed by atoms with Crippen LogP contribution in [0.1, 0.15) is 0 Å². The third kappa shape index (κ3) is 2.26. The van der Waals surface area contributed by atoms with Crippen LogP contribution in [0.2, 0.25) is 0 Å². The molecule has 0 radical (unpaired) electrons. The minimum atomic E-state index is -0.198. The van der Waals surface area contributed by atoms with Crippen molar-refractivity contribution in [3.8, 4) is 22.7 Å². The van der Waals surface area contributed by atoms with E-state index in [-0.39, 0.29) is 7.05 Å². The summed E-state index contributed by atoms with van der Waals surface area (Å²) < 4.78 is 8.97. The molecular weight excluding hydrogens is 417 g/mol. The monoisotopic (exact) mass is 435 g/mol. The van der Waals surface area contributed by atoms with Gasteiger partial charge in [-0.2, -0.15) is 0 Å². The molecule has 0 aliphatic carbocycles. The third-order valence-electron chi connectivity index (χ3n) is 7.04. The largest absolute Gasteiger partial charge is 0.536 e. The number of aromatic nitrogens is 2. The van der Waals surface area contributed by atoms with Gasteiger partial charge in [0.2, 0.25) is 0 Å². The van der Waals surface area contributed by atoms with Crippen molar-refractivity contribution >= 4 is 45.7 Å². The zero-order chi connectivity index (χ0) is 22.2. The molecule has 4 heterocycles. The molecule has 34 heavy (non-hydrogen) atoms. The van der Waals surface area contributed by atoms with Gasteiger partial charge in [0.05, 0.1) is 28.1 Å². The number of fused-ring (bicyclic) bond motifs is 11. The van der Waals surface area contributed by atoms with E-state index in [0.29, 0.717) is 0 Å². The Balaban J connectivity index is 1.35. The highest BCUT2D eigenvalue weighted by Gasteiger charge is 2.45. The molecule has 0 atom stereocenters. The van der Waals surface area contributed by atoms with Crippen LogP contribution in [-0.2, 0) is 0 Å². The average molecular weight is 435 g/mol. The molecule has 0 N–H and O–H groups in total. The van der Waals surface area contributed by atoms with Gasteiger partial charge in [0.25, 0.3) is 0 Å². The highest BCUT2D eigenvalue weighted by Crippen LogP contribution is 2.47. The Hall–Kier alpha value is -4.51. The predicted molar refractivity (Wildman–Crippen MR) is 139 cm³/mol. The second-order valence-electron chi connectivity index (χ2n) is 8.82. The number of para-hydroxylation sites is 2. The Morgan fingerprint density at radius 3 is 2.24 bits per heavy atom. The Labute approximate surface area is 196 Å². The van der Waals surface area contributed by atoms with E-state index in [9.17, 15) is 0 Å². The molecule has 0 saturated heterocycles. The summed E-state index contributed by atoms with van der Waals surface area (Å²) in [5, 5.41) is 2.51. The van der Waals surface area contributed by atoms with Crippen molar-refractivity contribution in [1.29, 1.82) is 0 Å². The smallest absolute Gasteiger partial charge is 0.525 e. The number of nitrogens with zero attached hydrogens (tertiary/aromatic N) is 3. The van der Waals surface area contributed by atoms with Gasteiger partial charge in [-0.25, -0.2) is 0 Å². The molecule has 2 aliphatic rings. The maximum Gasteiger partial charge on any atom is 0.525 e. The summed E-state index contributed by atoms with van der Waals surface area (Å²) in [5.41, 5.74) is 8.90. The second kappa shape index (κ2) is 6.52. The quantitative estimate of drug-likeness (QED) is 0.293. The van der Waals surface area contributed by atoms with Crippen molar-refractivity contribution in [1.82, 2.24) is 9.55 Å². The molecule has 6 aromatic rings. The van der Waals surface area contributed by atoms with Gasteiger partial charge in [-0.15, -0.1) is 0 Å². The van der Waals surface area contributed by atoms with Crippen molar-refractivity contribution in [2.24, 2.45) is 0 Å². The average Bonchev–Trinajstić information content (AvgIpc) is 3.45. The van der Waals surface area contributed by atoms with Crippen LogP contribution in [0.3, 0.4) is 0 Å². The summed E-state index contributed by atoms with van der Waals surface area (Å²) in [7, 11) is -0.198. The molecule has 5 heteroatoms. The number of anilines is 2. The fourth-order valence-electron chi connectivity index (χ4n) is 5.62. The van der Waals surface area contributed by atoms with Gasteiger partial charge in [0.1, 0.15) is 5.75 Å².